The first-order valence-electron chi connectivity index (χ1n) is 6.48. The Balaban J connectivity index is 1.81. The van der Waals surface area contributed by atoms with Crippen molar-refractivity contribution in [2.75, 3.05) is 18.5 Å². The third-order valence-electron chi connectivity index (χ3n) is 2.82. The molecule has 1 unspecified atom stereocenters. The van der Waals surface area contributed by atoms with E-state index in [4.69, 9.17) is 10.00 Å². The molecule has 2 aromatic carbocycles. The Bertz CT molecular complexity index is 623. The number of hydrogen-bond donors (Lipinski definition) is 2. The zero-order valence-electron chi connectivity index (χ0n) is 11.3. The van der Waals surface area contributed by atoms with Crippen molar-refractivity contribution in [3.63, 3.8) is 0 Å². The van der Waals surface area contributed by atoms with Crippen molar-refractivity contribution in [3.8, 4) is 11.8 Å². The van der Waals surface area contributed by atoms with E-state index in [9.17, 15) is 9.50 Å². The zero-order chi connectivity index (χ0) is 15.1. The van der Waals surface area contributed by atoms with Crippen molar-refractivity contribution >= 4 is 5.69 Å². The molecule has 0 fully saturated rings. The molecule has 5 heteroatoms. The number of nitrogens with zero attached hydrogens (tertiary/aromatic N) is 1. The highest BCUT2D eigenvalue weighted by atomic mass is 19.1. The molecular weight excluding hydrogens is 271 g/mol. The van der Waals surface area contributed by atoms with E-state index in [0.29, 0.717) is 17.0 Å². The van der Waals surface area contributed by atoms with Gasteiger partial charge in [-0.3, -0.25) is 0 Å². The fourth-order valence-corrected chi connectivity index (χ4v) is 1.73. The Morgan fingerprint density at radius 3 is 2.62 bits per heavy atom. The predicted molar refractivity (Wildman–Crippen MR) is 77.5 cm³/mol. The summed E-state index contributed by atoms with van der Waals surface area (Å²) < 4.78 is 18.2. The first-order valence-corrected chi connectivity index (χ1v) is 6.48. The molecule has 0 aliphatic heterocycles. The van der Waals surface area contributed by atoms with Crippen LogP contribution in [0.4, 0.5) is 10.1 Å². The molecule has 0 amide bonds. The molecule has 0 saturated carbocycles. The molecule has 4 nitrogen and oxygen atoms in total. The maximum Gasteiger partial charge on any atom is 0.137 e. The van der Waals surface area contributed by atoms with E-state index in [1.165, 1.54) is 12.1 Å². The molecule has 2 rings (SSSR count). The fourth-order valence-electron chi connectivity index (χ4n) is 1.73. The number of ether oxygens (including phenoxy) is 1. The number of benzene rings is 2. The van der Waals surface area contributed by atoms with Crippen LogP contribution in [-0.2, 0) is 0 Å². The Hall–Kier alpha value is -2.58. The second-order valence-electron chi connectivity index (χ2n) is 4.46. The standard InChI is InChI=1S/C16H15FN2O2/c17-13-5-7-14(8-6-13)19-10-15(20)11-21-16-4-2-1-3-12(16)9-18/h1-8,15,19-20H,10-11H2. The number of aliphatic hydroxyl groups excluding tert-OH is 1. The summed E-state index contributed by atoms with van der Waals surface area (Å²) in [4.78, 5) is 0. The molecule has 108 valence electrons. The zero-order valence-corrected chi connectivity index (χ0v) is 11.3. The van der Waals surface area contributed by atoms with Crippen molar-refractivity contribution in [1.82, 2.24) is 0 Å². The lowest BCUT2D eigenvalue weighted by Gasteiger charge is -2.14. The predicted octanol–water partition coefficient (Wildman–Crippen LogP) is 2.55. The summed E-state index contributed by atoms with van der Waals surface area (Å²) in [6, 6.07) is 14.7. The molecule has 0 aliphatic carbocycles. The number of aliphatic hydroxyl groups is 1. The van der Waals surface area contributed by atoms with Crippen LogP contribution in [0.1, 0.15) is 5.56 Å². The Labute approximate surface area is 122 Å². The number of halogens is 1. The number of hydrogen-bond acceptors (Lipinski definition) is 4. The van der Waals surface area contributed by atoms with Crippen LogP contribution in [0.25, 0.3) is 0 Å². The molecule has 0 radical (unpaired) electrons. The SMILES string of the molecule is N#Cc1ccccc1OCC(O)CNc1ccc(F)cc1. The highest BCUT2D eigenvalue weighted by Crippen LogP contribution is 2.16. The summed E-state index contributed by atoms with van der Waals surface area (Å²) in [6.45, 7) is 0.327. The molecular formula is C16H15FN2O2. The van der Waals surface area contributed by atoms with Gasteiger partial charge in [0.1, 0.15) is 30.3 Å². The molecule has 0 heterocycles. The molecule has 0 aromatic heterocycles. The largest absolute Gasteiger partial charge is 0.489 e. The van der Waals surface area contributed by atoms with Gasteiger partial charge < -0.3 is 15.2 Å². The molecule has 2 aromatic rings. The van der Waals surface area contributed by atoms with E-state index in [1.54, 1.807) is 36.4 Å². The second-order valence-corrected chi connectivity index (χ2v) is 4.46. The smallest absolute Gasteiger partial charge is 0.137 e. The topological polar surface area (TPSA) is 65.3 Å². The lowest BCUT2D eigenvalue weighted by atomic mass is 10.2. The number of para-hydroxylation sites is 1. The Kier molecular flexibility index (Phi) is 5.13. The minimum atomic E-state index is -0.748. The van der Waals surface area contributed by atoms with Crippen molar-refractivity contribution in [2.24, 2.45) is 0 Å². The van der Waals surface area contributed by atoms with E-state index in [-0.39, 0.29) is 19.0 Å². The highest BCUT2D eigenvalue weighted by molar-refractivity contribution is 5.43. The van der Waals surface area contributed by atoms with Crippen molar-refractivity contribution < 1.29 is 14.2 Å². The minimum absolute atomic E-state index is 0.0624. The van der Waals surface area contributed by atoms with Crippen LogP contribution >= 0.6 is 0 Å². The average Bonchev–Trinajstić information content (AvgIpc) is 2.52. The number of anilines is 1. The van der Waals surface area contributed by atoms with Crippen molar-refractivity contribution in [2.45, 2.75) is 6.10 Å². The van der Waals surface area contributed by atoms with Gasteiger partial charge in [-0.25, -0.2) is 4.39 Å². The Morgan fingerprint density at radius 1 is 1.19 bits per heavy atom. The second kappa shape index (κ2) is 7.27. The van der Waals surface area contributed by atoms with E-state index >= 15 is 0 Å². The lowest BCUT2D eigenvalue weighted by Crippen LogP contribution is -2.26. The van der Waals surface area contributed by atoms with Crippen LogP contribution in [0.5, 0.6) is 5.75 Å². The molecule has 0 spiro atoms. The average molecular weight is 286 g/mol. The minimum Gasteiger partial charge on any atom is -0.489 e. The number of nitrogens with one attached hydrogen (secondary N) is 1. The normalized spacial score (nSPS) is 11.5. The van der Waals surface area contributed by atoms with E-state index < -0.39 is 6.10 Å². The molecule has 0 saturated heterocycles. The van der Waals surface area contributed by atoms with Gasteiger partial charge in [0, 0.05) is 12.2 Å². The van der Waals surface area contributed by atoms with Crippen molar-refractivity contribution in [1.29, 1.82) is 5.26 Å². The van der Waals surface area contributed by atoms with Crippen LogP contribution in [0, 0.1) is 17.1 Å². The van der Waals surface area contributed by atoms with Gasteiger partial charge in [0.25, 0.3) is 0 Å². The number of nitriles is 1. The summed E-state index contributed by atoms with van der Waals surface area (Å²) in [6.07, 6.45) is -0.748. The van der Waals surface area contributed by atoms with Crippen LogP contribution < -0.4 is 10.1 Å². The van der Waals surface area contributed by atoms with E-state index in [0.717, 1.165) is 0 Å². The highest BCUT2D eigenvalue weighted by Gasteiger charge is 2.07. The van der Waals surface area contributed by atoms with Crippen molar-refractivity contribution in [3.05, 3.63) is 59.9 Å². The summed E-state index contributed by atoms with van der Waals surface area (Å²) in [7, 11) is 0. The van der Waals surface area contributed by atoms with Gasteiger partial charge in [0.05, 0.1) is 5.56 Å². The summed E-state index contributed by atoms with van der Waals surface area (Å²) in [5.41, 5.74) is 1.14. The maximum absolute atomic E-state index is 12.7. The third kappa shape index (κ3) is 4.48. The summed E-state index contributed by atoms with van der Waals surface area (Å²) >= 11 is 0. The number of rotatable bonds is 6. The Morgan fingerprint density at radius 2 is 1.90 bits per heavy atom. The lowest BCUT2D eigenvalue weighted by molar-refractivity contribution is 0.117. The van der Waals surface area contributed by atoms with Gasteiger partial charge in [-0.2, -0.15) is 5.26 Å². The van der Waals surface area contributed by atoms with Crippen LogP contribution in [0.2, 0.25) is 0 Å². The monoisotopic (exact) mass is 286 g/mol. The van der Waals surface area contributed by atoms with Crippen LogP contribution in [0.15, 0.2) is 48.5 Å². The first-order chi connectivity index (χ1) is 10.2. The molecule has 0 aliphatic rings. The third-order valence-corrected chi connectivity index (χ3v) is 2.82. The molecule has 21 heavy (non-hydrogen) atoms. The summed E-state index contributed by atoms with van der Waals surface area (Å²) in [5, 5.41) is 21.7. The fraction of sp³-hybridized carbons (Fsp3) is 0.188. The maximum atomic E-state index is 12.7. The molecule has 2 N–H and O–H groups in total. The van der Waals surface area contributed by atoms with Gasteiger partial charge in [-0.15, -0.1) is 0 Å². The van der Waals surface area contributed by atoms with Gasteiger partial charge in [-0.1, -0.05) is 12.1 Å². The van der Waals surface area contributed by atoms with E-state index in [1.807, 2.05) is 6.07 Å². The van der Waals surface area contributed by atoms with Crippen LogP contribution in [0.3, 0.4) is 0 Å². The quantitative estimate of drug-likeness (QED) is 0.856. The van der Waals surface area contributed by atoms with Gasteiger partial charge in [0.15, 0.2) is 0 Å². The first kappa shape index (κ1) is 14.8. The summed E-state index contributed by atoms with van der Waals surface area (Å²) in [5.74, 6) is 0.137. The molecule has 0 bridgehead atoms. The van der Waals surface area contributed by atoms with Gasteiger partial charge in [-0.05, 0) is 36.4 Å². The van der Waals surface area contributed by atoms with E-state index in [2.05, 4.69) is 5.32 Å². The van der Waals surface area contributed by atoms with Gasteiger partial charge in [0.2, 0.25) is 0 Å². The molecule has 1 atom stereocenters. The van der Waals surface area contributed by atoms with Gasteiger partial charge >= 0.3 is 0 Å². The van der Waals surface area contributed by atoms with Crippen LogP contribution in [-0.4, -0.2) is 24.4 Å².